The standard InChI is InChI=1S/C19H25BrF3N3O4/c1-17(2,3)29-15(27)25-14(26-16(28)30-18(4,5)6)24-10-11-7-8-12(9-13(11)20)19(21,22)23/h7-9H,10H2,1-6H3,(H2,24,25,26,27,28). The van der Waals surface area contributed by atoms with Crippen LogP contribution in [0, 0.1) is 0 Å². The van der Waals surface area contributed by atoms with Gasteiger partial charge in [-0.05, 0) is 59.2 Å². The Morgan fingerprint density at radius 2 is 1.43 bits per heavy atom. The van der Waals surface area contributed by atoms with Crippen molar-refractivity contribution in [3.63, 3.8) is 0 Å². The van der Waals surface area contributed by atoms with E-state index in [4.69, 9.17) is 9.47 Å². The van der Waals surface area contributed by atoms with E-state index in [1.807, 2.05) is 0 Å². The average molecular weight is 496 g/mol. The van der Waals surface area contributed by atoms with Gasteiger partial charge in [-0.25, -0.2) is 14.6 Å². The van der Waals surface area contributed by atoms with Crippen molar-refractivity contribution < 1.29 is 32.2 Å². The van der Waals surface area contributed by atoms with Crippen LogP contribution in [0.5, 0.6) is 0 Å². The van der Waals surface area contributed by atoms with Gasteiger partial charge in [-0.2, -0.15) is 13.2 Å². The summed E-state index contributed by atoms with van der Waals surface area (Å²) in [6, 6.07) is 3.08. The number of nitrogens with one attached hydrogen (secondary N) is 2. The van der Waals surface area contributed by atoms with Gasteiger partial charge < -0.3 is 9.47 Å². The van der Waals surface area contributed by atoms with Gasteiger partial charge in [0.15, 0.2) is 0 Å². The summed E-state index contributed by atoms with van der Waals surface area (Å²) in [7, 11) is 0. The van der Waals surface area contributed by atoms with Crippen LogP contribution in [0.25, 0.3) is 0 Å². The first kappa shape index (κ1) is 25.7. The molecule has 0 aromatic heterocycles. The van der Waals surface area contributed by atoms with E-state index in [9.17, 15) is 22.8 Å². The molecule has 0 saturated heterocycles. The van der Waals surface area contributed by atoms with Gasteiger partial charge in [0, 0.05) is 4.47 Å². The summed E-state index contributed by atoms with van der Waals surface area (Å²) in [4.78, 5) is 28.1. The molecular weight excluding hydrogens is 471 g/mol. The number of carbonyl (C=O) groups excluding carboxylic acids is 2. The van der Waals surface area contributed by atoms with Crippen LogP contribution in [0.15, 0.2) is 27.7 Å². The number of ether oxygens (including phenoxy) is 2. The van der Waals surface area contributed by atoms with Crippen molar-refractivity contribution in [3.8, 4) is 0 Å². The number of nitrogens with zero attached hydrogens (tertiary/aromatic N) is 1. The fourth-order valence-electron chi connectivity index (χ4n) is 1.93. The number of guanidine groups is 1. The highest BCUT2D eigenvalue weighted by atomic mass is 79.9. The Hall–Kier alpha value is -2.30. The first-order valence-electron chi connectivity index (χ1n) is 8.86. The molecule has 30 heavy (non-hydrogen) atoms. The minimum absolute atomic E-state index is 0.139. The maximum Gasteiger partial charge on any atom is 0.416 e. The average Bonchev–Trinajstić information content (AvgIpc) is 2.48. The van der Waals surface area contributed by atoms with E-state index in [0.717, 1.165) is 12.1 Å². The van der Waals surface area contributed by atoms with E-state index in [1.54, 1.807) is 41.5 Å². The van der Waals surface area contributed by atoms with Gasteiger partial charge in [0.05, 0.1) is 12.1 Å². The summed E-state index contributed by atoms with van der Waals surface area (Å²) in [6.07, 6.45) is -6.22. The van der Waals surface area contributed by atoms with Crippen molar-refractivity contribution in [1.29, 1.82) is 0 Å². The molecule has 0 heterocycles. The third-order valence-corrected chi connectivity index (χ3v) is 3.76. The lowest BCUT2D eigenvalue weighted by atomic mass is 10.1. The van der Waals surface area contributed by atoms with E-state index in [-0.39, 0.29) is 17.0 Å². The molecule has 0 spiro atoms. The van der Waals surface area contributed by atoms with Gasteiger partial charge in [0.1, 0.15) is 11.2 Å². The largest absolute Gasteiger partial charge is 0.444 e. The molecule has 2 amide bonds. The fraction of sp³-hybridized carbons (Fsp3) is 0.526. The lowest BCUT2D eigenvalue weighted by Gasteiger charge is -2.22. The zero-order valence-corrected chi connectivity index (χ0v) is 19.1. The molecule has 168 valence electrons. The molecule has 0 saturated carbocycles. The number of carbonyl (C=O) groups is 2. The molecule has 0 radical (unpaired) electrons. The third kappa shape index (κ3) is 9.95. The Labute approximate surface area is 181 Å². The van der Waals surface area contributed by atoms with E-state index in [2.05, 4.69) is 31.6 Å². The summed E-state index contributed by atoms with van der Waals surface area (Å²) in [6.45, 7) is 9.80. The number of hydrogen-bond donors (Lipinski definition) is 2. The zero-order valence-electron chi connectivity index (χ0n) is 17.5. The Morgan fingerprint density at radius 1 is 0.967 bits per heavy atom. The number of halogens is 4. The minimum Gasteiger partial charge on any atom is -0.444 e. The molecule has 0 aliphatic rings. The van der Waals surface area contributed by atoms with Crippen LogP contribution in [0.1, 0.15) is 52.7 Å². The molecule has 11 heteroatoms. The fourth-order valence-corrected chi connectivity index (χ4v) is 2.43. The number of hydrogen-bond acceptors (Lipinski definition) is 5. The van der Waals surface area contributed by atoms with Gasteiger partial charge >= 0.3 is 18.4 Å². The van der Waals surface area contributed by atoms with Crippen LogP contribution < -0.4 is 10.6 Å². The summed E-state index contributed by atoms with van der Waals surface area (Å²) >= 11 is 3.08. The molecule has 0 unspecified atom stereocenters. The second kappa shape index (κ2) is 9.67. The van der Waals surface area contributed by atoms with Crippen molar-refractivity contribution in [1.82, 2.24) is 10.6 Å². The molecule has 0 aliphatic heterocycles. The molecule has 0 atom stereocenters. The second-order valence-electron chi connectivity index (χ2n) is 8.22. The highest BCUT2D eigenvalue weighted by molar-refractivity contribution is 9.10. The molecule has 1 aromatic rings. The smallest absolute Gasteiger partial charge is 0.416 e. The molecule has 1 rings (SSSR count). The van der Waals surface area contributed by atoms with Crippen LogP contribution in [-0.2, 0) is 22.2 Å². The maximum absolute atomic E-state index is 12.8. The zero-order chi connectivity index (χ0) is 23.3. The van der Waals surface area contributed by atoms with E-state index >= 15 is 0 Å². The van der Waals surface area contributed by atoms with Gasteiger partial charge in [0.25, 0.3) is 0 Å². The molecule has 7 nitrogen and oxygen atoms in total. The molecule has 1 aromatic carbocycles. The maximum atomic E-state index is 12.8. The van der Waals surface area contributed by atoms with Crippen LogP contribution in [0.2, 0.25) is 0 Å². The van der Waals surface area contributed by atoms with Crippen LogP contribution in [-0.4, -0.2) is 29.3 Å². The topological polar surface area (TPSA) is 89.0 Å². The summed E-state index contributed by atoms with van der Waals surface area (Å²) in [5.74, 6) is -0.273. The Morgan fingerprint density at radius 3 is 1.80 bits per heavy atom. The lowest BCUT2D eigenvalue weighted by Crippen LogP contribution is -2.47. The number of aliphatic imine (C=N–C) groups is 1. The van der Waals surface area contributed by atoms with Crippen molar-refractivity contribution in [2.24, 2.45) is 4.99 Å². The van der Waals surface area contributed by atoms with Crippen molar-refractivity contribution >= 4 is 34.1 Å². The highest BCUT2D eigenvalue weighted by Gasteiger charge is 2.30. The van der Waals surface area contributed by atoms with Crippen LogP contribution >= 0.6 is 15.9 Å². The summed E-state index contributed by atoms with van der Waals surface area (Å²) in [5.41, 5.74) is -2.01. The predicted molar refractivity (Wildman–Crippen MR) is 109 cm³/mol. The van der Waals surface area contributed by atoms with E-state index in [1.165, 1.54) is 6.07 Å². The molecule has 0 fully saturated rings. The van der Waals surface area contributed by atoms with Crippen LogP contribution in [0.3, 0.4) is 0 Å². The number of alkyl carbamates (subject to hydrolysis) is 2. The quantitative estimate of drug-likeness (QED) is 0.426. The number of rotatable bonds is 2. The SMILES string of the molecule is CC(C)(C)OC(=O)NC(=NCc1ccc(C(F)(F)F)cc1Br)NC(=O)OC(C)(C)C. The van der Waals surface area contributed by atoms with E-state index in [0.29, 0.717) is 5.56 Å². The molecule has 2 N–H and O–H groups in total. The normalized spacial score (nSPS) is 12.1. The van der Waals surface area contributed by atoms with Gasteiger partial charge in [0.2, 0.25) is 5.96 Å². The Kier molecular flexibility index (Phi) is 8.30. The Bertz CT molecular complexity index is 781. The minimum atomic E-state index is -4.48. The van der Waals surface area contributed by atoms with Gasteiger partial charge in [-0.15, -0.1) is 0 Å². The summed E-state index contributed by atoms with van der Waals surface area (Å²) in [5, 5.41) is 4.59. The lowest BCUT2D eigenvalue weighted by molar-refractivity contribution is -0.137. The first-order chi connectivity index (χ1) is 13.5. The van der Waals surface area contributed by atoms with Crippen LogP contribution in [0.4, 0.5) is 22.8 Å². The number of benzene rings is 1. The van der Waals surface area contributed by atoms with Crippen molar-refractivity contribution in [2.75, 3.05) is 0 Å². The first-order valence-corrected chi connectivity index (χ1v) is 9.66. The molecular formula is C19H25BrF3N3O4. The summed E-state index contributed by atoms with van der Waals surface area (Å²) < 4.78 is 48.8. The van der Waals surface area contributed by atoms with Gasteiger partial charge in [-0.3, -0.25) is 10.6 Å². The Balaban J connectivity index is 3.04. The monoisotopic (exact) mass is 495 g/mol. The number of alkyl halides is 3. The number of amides is 2. The molecule has 0 bridgehead atoms. The second-order valence-corrected chi connectivity index (χ2v) is 9.08. The van der Waals surface area contributed by atoms with Crippen molar-refractivity contribution in [2.45, 2.75) is 65.5 Å². The molecule has 0 aliphatic carbocycles. The predicted octanol–water partition coefficient (Wildman–Crippen LogP) is 5.37. The van der Waals surface area contributed by atoms with Gasteiger partial charge in [-0.1, -0.05) is 22.0 Å². The van der Waals surface area contributed by atoms with E-state index < -0.39 is 35.1 Å². The third-order valence-electron chi connectivity index (χ3n) is 3.03. The van der Waals surface area contributed by atoms with Crippen molar-refractivity contribution in [3.05, 3.63) is 33.8 Å². The highest BCUT2D eigenvalue weighted by Crippen LogP contribution is 2.32.